The Morgan fingerprint density at radius 1 is 1.33 bits per heavy atom. The normalized spacial score (nSPS) is 9.56. The molecule has 0 rings (SSSR count). The lowest BCUT2D eigenvalue weighted by atomic mass is 10.1. The molecule has 0 amide bonds. The highest BCUT2D eigenvalue weighted by atomic mass is 14.5. The highest BCUT2D eigenvalue weighted by Gasteiger charge is 1.88. The van der Waals surface area contributed by atoms with Crippen LogP contribution in [0.2, 0.25) is 0 Å². The van der Waals surface area contributed by atoms with Gasteiger partial charge in [0.05, 0.1) is 0 Å². The Bertz CT molecular complexity index is 79.0. The quantitative estimate of drug-likeness (QED) is 0.428. The van der Waals surface area contributed by atoms with E-state index in [0.29, 0.717) is 0 Å². The first-order valence-electron chi connectivity index (χ1n) is 3.51. The van der Waals surface area contributed by atoms with Crippen LogP contribution in [-0.2, 0) is 0 Å². The summed E-state index contributed by atoms with van der Waals surface area (Å²) in [6.07, 6.45) is 4.35. The molecule has 0 aliphatic carbocycles. The Balaban J connectivity index is 2.83. The first-order chi connectivity index (χ1) is 4.27. The zero-order valence-corrected chi connectivity index (χ0v) is 6.11. The fourth-order valence-electron chi connectivity index (χ4n) is 0.711. The van der Waals surface area contributed by atoms with Crippen molar-refractivity contribution in [2.75, 3.05) is 6.54 Å². The van der Waals surface area contributed by atoms with Gasteiger partial charge in [0.25, 0.3) is 0 Å². The van der Waals surface area contributed by atoms with Crippen molar-refractivity contribution in [1.29, 1.82) is 5.41 Å². The molecule has 0 unspecified atom stereocenters. The van der Waals surface area contributed by atoms with Gasteiger partial charge < -0.3 is 11.1 Å². The molecular formula is C7H16N2. The van der Waals surface area contributed by atoms with E-state index in [-0.39, 0.29) is 0 Å². The molecule has 0 aromatic rings. The second-order valence-corrected chi connectivity index (χ2v) is 2.38. The van der Waals surface area contributed by atoms with Crippen molar-refractivity contribution in [2.45, 2.75) is 32.6 Å². The molecule has 0 aliphatic rings. The molecule has 0 aliphatic heterocycles. The summed E-state index contributed by atoms with van der Waals surface area (Å²) in [4.78, 5) is 0. The maximum absolute atomic E-state index is 7.10. The fourth-order valence-corrected chi connectivity index (χ4v) is 0.711. The summed E-state index contributed by atoms with van der Waals surface area (Å²) < 4.78 is 0. The maximum Gasteiger partial charge on any atom is 0.00582 e. The van der Waals surface area contributed by atoms with Crippen LogP contribution in [0.5, 0.6) is 0 Å². The third-order valence-corrected chi connectivity index (χ3v) is 1.26. The van der Waals surface area contributed by atoms with Gasteiger partial charge in [-0.25, -0.2) is 0 Å². The molecule has 9 heavy (non-hydrogen) atoms. The molecule has 3 N–H and O–H groups in total. The molecule has 0 radical (unpaired) electrons. The van der Waals surface area contributed by atoms with Crippen molar-refractivity contribution in [1.82, 2.24) is 0 Å². The predicted molar refractivity (Wildman–Crippen MR) is 40.9 cm³/mol. The lowest BCUT2D eigenvalue weighted by molar-refractivity contribution is 0.703. The zero-order chi connectivity index (χ0) is 7.11. The molecule has 2 heteroatoms. The number of unbranched alkanes of at least 4 members (excludes halogenated alkanes) is 2. The van der Waals surface area contributed by atoms with Crippen molar-refractivity contribution in [3.8, 4) is 0 Å². The summed E-state index contributed by atoms with van der Waals surface area (Å²) in [5, 5.41) is 7.10. The van der Waals surface area contributed by atoms with E-state index >= 15 is 0 Å². The van der Waals surface area contributed by atoms with Gasteiger partial charge in [-0.05, 0) is 32.7 Å². The Morgan fingerprint density at radius 3 is 2.44 bits per heavy atom. The maximum atomic E-state index is 7.10. The van der Waals surface area contributed by atoms with Crippen molar-refractivity contribution in [3.05, 3.63) is 0 Å². The molecule has 0 bridgehead atoms. The Hall–Kier alpha value is -0.370. The molecule has 0 aromatic heterocycles. The SMILES string of the molecule is CC(=N)CCCCCN. The average Bonchev–Trinajstić information content (AvgIpc) is 1.80. The first-order valence-corrected chi connectivity index (χ1v) is 3.51. The van der Waals surface area contributed by atoms with Crippen LogP contribution >= 0.6 is 0 Å². The highest BCUT2D eigenvalue weighted by Crippen LogP contribution is 1.98. The lowest BCUT2D eigenvalue weighted by Gasteiger charge is -1.95. The highest BCUT2D eigenvalue weighted by molar-refractivity contribution is 5.78. The van der Waals surface area contributed by atoms with Gasteiger partial charge in [-0.1, -0.05) is 6.42 Å². The fraction of sp³-hybridized carbons (Fsp3) is 0.857. The van der Waals surface area contributed by atoms with Crippen molar-refractivity contribution >= 4 is 5.71 Å². The summed E-state index contributed by atoms with van der Waals surface area (Å²) in [5.74, 6) is 0. The van der Waals surface area contributed by atoms with E-state index in [9.17, 15) is 0 Å². The van der Waals surface area contributed by atoms with E-state index in [1.54, 1.807) is 0 Å². The topological polar surface area (TPSA) is 49.9 Å². The number of nitrogens with two attached hydrogens (primary N) is 1. The second-order valence-electron chi connectivity index (χ2n) is 2.38. The second kappa shape index (κ2) is 5.76. The van der Waals surface area contributed by atoms with Gasteiger partial charge in [-0.2, -0.15) is 0 Å². The van der Waals surface area contributed by atoms with Crippen LogP contribution in [-0.4, -0.2) is 12.3 Å². The average molecular weight is 128 g/mol. The molecule has 0 fully saturated rings. The van der Waals surface area contributed by atoms with Crippen LogP contribution in [0.25, 0.3) is 0 Å². The molecule has 0 aromatic carbocycles. The predicted octanol–water partition coefficient (Wildman–Crippen LogP) is 1.55. The van der Waals surface area contributed by atoms with Gasteiger partial charge in [0.1, 0.15) is 0 Å². The van der Waals surface area contributed by atoms with Crippen LogP contribution in [0, 0.1) is 5.41 Å². The van der Waals surface area contributed by atoms with Gasteiger partial charge >= 0.3 is 0 Å². The smallest absolute Gasteiger partial charge is 0.00582 e. The van der Waals surface area contributed by atoms with Gasteiger partial charge in [0.2, 0.25) is 0 Å². The van der Waals surface area contributed by atoms with Gasteiger partial charge in [0.15, 0.2) is 0 Å². The molecule has 0 saturated carbocycles. The van der Waals surface area contributed by atoms with E-state index in [2.05, 4.69) is 0 Å². The Labute approximate surface area is 57.0 Å². The standard InChI is InChI=1S/C7H16N2/c1-7(9)5-3-2-4-6-8/h9H,2-6,8H2,1H3. The minimum absolute atomic E-state index is 0.784. The first kappa shape index (κ1) is 8.63. The van der Waals surface area contributed by atoms with Crippen LogP contribution in [0.4, 0.5) is 0 Å². The molecule has 0 spiro atoms. The van der Waals surface area contributed by atoms with E-state index in [4.69, 9.17) is 11.1 Å². The van der Waals surface area contributed by atoms with Crippen molar-refractivity contribution in [3.63, 3.8) is 0 Å². The van der Waals surface area contributed by atoms with Crippen LogP contribution in [0.15, 0.2) is 0 Å². The number of rotatable bonds is 5. The summed E-state index contributed by atoms with van der Waals surface area (Å²) in [6, 6.07) is 0. The third kappa shape index (κ3) is 7.63. The minimum Gasteiger partial charge on any atom is -0.330 e. The number of hydrogen-bond acceptors (Lipinski definition) is 2. The van der Waals surface area contributed by atoms with E-state index in [1.165, 1.54) is 6.42 Å². The summed E-state index contributed by atoms with van der Waals surface area (Å²) in [6.45, 7) is 2.64. The van der Waals surface area contributed by atoms with Crippen LogP contribution in [0.1, 0.15) is 32.6 Å². The molecule has 0 saturated heterocycles. The Kier molecular flexibility index (Phi) is 5.52. The number of hydrogen-bond donors (Lipinski definition) is 2. The monoisotopic (exact) mass is 128 g/mol. The lowest BCUT2D eigenvalue weighted by Crippen LogP contribution is -1.98. The molecular weight excluding hydrogens is 112 g/mol. The zero-order valence-electron chi connectivity index (χ0n) is 6.11. The van der Waals surface area contributed by atoms with Crippen LogP contribution < -0.4 is 5.73 Å². The molecule has 0 heterocycles. The van der Waals surface area contributed by atoms with Crippen molar-refractivity contribution < 1.29 is 0 Å². The van der Waals surface area contributed by atoms with Crippen LogP contribution in [0.3, 0.4) is 0 Å². The van der Waals surface area contributed by atoms with Gasteiger partial charge in [-0.15, -0.1) is 0 Å². The summed E-state index contributed by atoms with van der Waals surface area (Å²) >= 11 is 0. The van der Waals surface area contributed by atoms with E-state index in [1.807, 2.05) is 6.92 Å². The number of nitrogens with one attached hydrogen (secondary N) is 1. The molecule has 2 nitrogen and oxygen atoms in total. The summed E-state index contributed by atoms with van der Waals surface area (Å²) in [7, 11) is 0. The largest absolute Gasteiger partial charge is 0.330 e. The van der Waals surface area contributed by atoms with Crippen molar-refractivity contribution in [2.24, 2.45) is 5.73 Å². The third-order valence-electron chi connectivity index (χ3n) is 1.26. The van der Waals surface area contributed by atoms with E-state index in [0.717, 1.165) is 31.5 Å². The molecule has 0 atom stereocenters. The van der Waals surface area contributed by atoms with Gasteiger partial charge in [-0.3, -0.25) is 0 Å². The Morgan fingerprint density at radius 2 is 2.00 bits per heavy atom. The van der Waals surface area contributed by atoms with Gasteiger partial charge in [0, 0.05) is 5.71 Å². The van der Waals surface area contributed by atoms with E-state index < -0.39 is 0 Å². The summed E-state index contributed by atoms with van der Waals surface area (Å²) in [5.41, 5.74) is 6.08. The molecule has 54 valence electrons. The minimum atomic E-state index is 0.784.